The summed E-state index contributed by atoms with van der Waals surface area (Å²) in [5, 5.41) is 13.2. The highest BCUT2D eigenvalue weighted by Gasteiger charge is 2.42. The van der Waals surface area contributed by atoms with Crippen LogP contribution in [0.1, 0.15) is 24.1 Å². The lowest BCUT2D eigenvalue weighted by Crippen LogP contribution is -2.31. The number of nitrogens with one attached hydrogen (secondary N) is 1. The maximum Gasteiger partial charge on any atom is 0.289 e. The van der Waals surface area contributed by atoms with Crippen molar-refractivity contribution >= 4 is 11.8 Å². The third-order valence-electron chi connectivity index (χ3n) is 4.81. The second kappa shape index (κ2) is 8.68. The van der Waals surface area contributed by atoms with Crippen molar-refractivity contribution < 1.29 is 24.2 Å². The summed E-state index contributed by atoms with van der Waals surface area (Å²) < 4.78 is 10.8. The van der Waals surface area contributed by atoms with Gasteiger partial charge < -0.3 is 24.8 Å². The summed E-state index contributed by atoms with van der Waals surface area (Å²) in [5.41, 5.74) is 1.52. The van der Waals surface area contributed by atoms with Gasteiger partial charge in [-0.25, -0.2) is 0 Å². The van der Waals surface area contributed by atoms with Crippen LogP contribution in [-0.4, -0.2) is 42.6 Å². The zero-order chi connectivity index (χ0) is 21.0. The number of rotatable bonds is 7. The number of likely N-dealkylation sites (N-methyl/N-ethyl adjacent to an activating group) is 1. The largest absolute Gasteiger partial charge is 0.503 e. The Hall–Kier alpha value is -3.48. The monoisotopic (exact) mass is 396 g/mol. The Labute approximate surface area is 169 Å². The van der Waals surface area contributed by atoms with Gasteiger partial charge in [-0.1, -0.05) is 30.3 Å². The normalized spacial score (nSPS) is 16.2. The number of hydrogen-bond acceptors (Lipinski definition) is 5. The Bertz CT molecular complexity index is 936. The smallest absolute Gasteiger partial charge is 0.289 e. The van der Waals surface area contributed by atoms with Gasteiger partial charge in [0, 0.05) is 19.2 Å². The van der Waals surface area contributed by atoms with Gasteiger partial charge >= 0.3 is 0 Å². The number of ether oxygens (including phenoxy) is 2. The Morgan fingerprint density at radius 2 is 1.86 bits per heavy atom. The van der Waals surface area contributed by atoms with Crippen LogP contribution in [0, 0.1) is 0 Å². The second-order valence-corrected chi connectivity index (χ2v) is 6.58. The molecule has 0 aromatic heterocycles. The lowest BCUT2D eigenvalue weighted by molar-refractivity contribution is -0.128. The fourth-order valence-corrected chi connectivity index (χ4v) is 3.33. The first-order chi connectivity index (χ1) is 14.0. The van der Waals surface area contributed by atoms with Crippen molar-refractivity contribution in [3.8, 4) is 11.5 Å². The molecule has 1 unspecified atom stereocenters. The Morgan fingerprint density at radius 1 is 1.17 bits per heavy atom. The number of carbonyl (C=O) groups is 2. The molecule has 2 amide bonds. The number of para-hydroxylation sites is 1. The van der Waals surface area contributed by atoms with Crippen LogP contribution in [0.2, 0.25) is 0 Å². The number of amides is 2. The highest BCUT2D eigenvalue weighted by atomic mass is 16.5. The summed E-state index contributed by atoms with van der Waals surface area (Å²) in [4.78, 5) is 26.7. The van der Waals surface area contributed by atoms with E-state index in [2.05, 4.69) is 5.32 Å². The Kier molecular flexibility index (Phi) is 6.07. The average Bonchev–Trinajstić information content (AvgIpc) is 2.97. The molecule has 0 saturated carbocycles. The van der Waals surface area contributed by atoms with E-state index >= 15 is 0 Å². The summed E-state index contributed by atoms with van der Waals surface area (Å²) in [6.07, 6.45) is 0. The van der Waals surface area contributed by atoms with Crippen molar-refractivity contribution in [3.05, 3.63) is 71.0 Å². The molecule has 0 aliphatic carbocycles. The molecule has 0 spiro atoms. The lowest BCUT2D eigenvalue weighted by Gasteiger charge is -2.24. The second-order valence-electron chi connectivity index (χ2n) is 6.58. The molecular weight excluding hydrogens is 372 g/mol. The molecule has 0 fully saturated rings. The van der Waals surface area contributed by atoms with E-state index in [0.717, 1.165) is 11.3 Å². The molecule has 3 rings (SSSR count). The molecule has 2 aromatic rings. The molecule has 1 aliphatic heterocycles. The maximum absolute atomic E-state index is 12.9. The van der Waals surface area contributed by atoms with Crippen LogP contribution in [0.25, 0.3) is 0 Å². The maximum atomic E-state index is 12.9. The van der Waals surface area contributed by atoms with Crippen molar-refractivity contribution in [1.82, 2.24) is 10.2 Å². The van der Waals surface area contributed by atoms with Crippen LogP contribution in [0.3, 0.4) is 0 Å². The fourth-order valence-electron chi connectivity index (χ4n) is 3.33. The van der Waals surface area contributed by atoms with Gasteiger partial charge in [0.15, 0.2) is 5.76 Å². The quantitative estimate of drug-likeness (QED) is 0.751. The first kappa shape index (κ1) is 20.3. The average molecular weight is 396 g/mol. The minimum Gasteiger partial charge on any atom is -0.503 e. The minimum atomic E-state index is -0.735. The number of methoxy groups -OCH3 is 1. The molecule has 2 N–H and O–H groups in total. The van der Waals surface area contributed by atoms with Gasteiger partial charge in [-0.05, 0) is 30.7 Å². The van der Waals surface area contributed by atoms with E-state index in [1.54, 1.807) is 44.5 Å². The van der Waals surface area contributed by atoms with Gasteiger partial charge in [0.2, 0.25) is 0 Å². The van der Waals surface area contributed by atoms with E-state index in [1.165, 1.54) is 4.90 Å². The predicted molar refractivity (Wildman–Crippen MR) is 108 cm³/mol. The summed E-state index contributed by atoms with van der Waals surface area (Å²) in [5.74, 6) is -0.370. The SMILES string of the molecule is CCOc1ccccc1C1C(C(=O)NCc2ccc(OC)cc2)=C(O)C(=O)N1C. The summed E-state index contributed by atoms with van der Waals surface area (Å²) >= 11 is 0. The number of hydrogen-bond donors (Lipinski definition) is 2. The van der Waals surface area contributed by atoms with Crippen LogP contribution >= 0.6 is 0 Å². The molecule has 0 radical (unpaired) electrons. The van der Waals surface area contributed by atoms with Crippen LogP contribution in [-0.2, 0) is 16.1 Å². The first-order valence-corrected chi connectivity index (χ1v) is 9.31. The van der Waals surface area contributed by atoms with Gasteiger partial charge in [0.1, 0.15) is 11.5 Å². The minimum absolute atomic E-state index is 0.0122. The van der Waals surface area contributed by atoms with Gasteiger partial charge in [0.05, 0.1) is 25.3 Å². The van der Waals surface area contributed by atoms with Crippen molar-refractivity contribution in [1.29, 1.82) is 0 Å². The number of aliphatic hydroxyl groups is 1. The van der Waals surface area contributed by atoms with Crippen LogP contribution in [0.4, 0.5) is 0 Å². The van der Waals surface area contributed by atoms with Crippen molar-refractivity contribution in [2.45, 2.75) is 19.5 Å². The number of benzene rings is 2. The first-order valence-electron chi connectivity index (χ1n) is 9.31. The summed E-state index contributed by atoms with van der Waals surface area (Å²) in [6, 6.07) is 13.7. The molecule has 1 heterocycles. The van der Waals surface area contributed by atoms with Crippen molar-refractivity contribution in [2.75, 3.05) is 20.8 Å². The van der Waals surface area contributed by atoms with E-state index in [9.17, 15) is 14.7 Å². The zero-order valence-corrected chi connectivity index (χ0v) is 16.6. The molecule has 1 aliphatic rings. The molecule has 1 atom stereocenters. The van der Waals surface area contributed by atoms with E-state index < -0.39 is 23.6 Å². The molecule has 0 bridgehead atoms. The number of carbonyl (C=O) groups excluding carboxylic acids is 2. The fraction of sp³-hybridized carbons (Fsp3) is 0.273. The summed E-state index contributed by atoms with van der Waals surface area (Å²) in [6.45, 7) is 2.55. The predicted octanol–water partition coefficient (Wildman–Crippen LogP) is 2.74. The highest BCUT2D eigenvalue weighted by molar-refractivity contribution is 6.08. The molecule has 29 heavy (non-hydrogen) atoms. The zero-order valence-electron chi connectivity index (χ0n) is 16.6. The number of aliphatic hydroxyl groups excluding tert-OH is 1. The van der Waals surface area contributed by atoms with Gasteiger partial charge in [0.25, 0.3) is 11.8 Å². The summed E-state index contributed by atoms with van der Waals surface area (Å²) in [7, 11) is 3.13. The topological polar surface area (TPSA) is 88.1 Å². The van der Waals surface area contributed by atoms with Gasteiger partial charge in [-0.2, -0.15) is 0 Å². The molecular formula is C22H24N2O5. The van der Waals surface area contributed by atoms with Crippen LogP contribution in [0.15, 0.2) is 59.9 Å². The van der Waals surface area contributed by atoms with E-state index in [4.69, 9.17) is 9.47 Å². The third kappa shape index (κ3) is 4.03. The molecule has 0 saturated heterocycles. The van der Waals surface area contributed by atoms with Crippen molar-refractivity contribution in [3.63, 3.8) is 0 Å². The molecule has 2 aromatic carbocycles. The van der Waals surface area contributed by atoms with Crippen LogP contribution in [0.5, 0.6) is 11.5 Å². The molecule has 152 valence electrons. The van der Waals surface area contributed by atoms with Crippen LogP contribution < -0.4 is 14.8 Å². The Morgan fingerprint density at radius 3 is 2.52 bits per heavy atom. The third-order valence-corrected chi connectivity index (χ3v) is 4.81. The highest BCUT2D eigenvalue weighted by Crippen LogP contribution is 2.40. The van der Waals surface area contributed by atoms with Gasteiger partial charge in [-0.15, -0.1) is 0 Å². The van der Waals surface area contributed by atoms with E-state index in [-0.39, 0.29) is 12.1 Å². The lowest BCUT2D eigenvalue weighted by atomic mass is 9.98. The van der Waals surface area contributed by atoms with Gasteiger partial charge in [-0.3, -0.25) is 9.59 Å². The van der Waals surface area contributed by atoms with E-state index in [0.29, 0.717) is 17.9 Å². The molecule has 7 nitrogen and oxygen atoms in total. The standard InChI is InChI=1S/C22H24N2O5/c1-4-29-17-8-6-5-7-16(17)19-18(20(25)22(27)24(19)2)21(26)23-13-14-9-11-15(28-3)12-10-14/h5-12,19,25H,4,13H2,1-3H3,(H,23,26). The Balaban J connectivity index is 1.86. The number of nitrogens with zero attached hydrogens (tertiary/aromatic N) is 1. The van der Waals surface area contributed by atoms with E-state index in [1.807, 2.05) is 25.1 Å². The molecule has 7 heteroatoms. The van der Waals surface area contributed by atoms with Crippen molar-refractivity contribution in [2.24, 2.45) is 0 Å².